The third kappa shape index (κ3) is 1.95. The Balaban J connectivity index is 1.85. The lowest BCUT2D eigenvalue weighted by atomic mass is 9.89. The van der Waals surface area contributed by atoms with Gasteiger partial charge in [-0.2, -0.15) is 0 Å². The summed E-state index contributed by atoms with van der Waals surface area (Å²) in [5.41, 5.74) is 0. The van der Waals surface area contributed by atoms with Crippen LogP contribution in [-0.4, -0.2) is 43.5 Å². The average molecular weight is 199 g/mol. The monoisotopic (exact) mass is 199 g/mol. The molecule has 0 bridgehead atoms. The lowest BCUT2D eigenvalue weighted by molar-refractivity contribution is -0.183. The zero-order chi connectivity index (χ0) is 10.0. The molecule has 1 saturated carbocycles. The number of hydrogen-bond donors (Lipinski definition) is 0. The van der Waals surface area contributed by atoms with Gasteiger partial charge in [0, 0.05) is 18.9 Å². The highest BCUT2D eigenvalue weighted by Gasteiger charge is 2.40. The SMILES string of the molecule is CCN(C)C1CCC2(CC1)OCCO2. The molecule has 0 aromatic heterocycles. The van der Waals surface area contributed by atoms with Crippen LogP contribution in [0.2, 0.25) is 0 Å². The summed E-state index contributed by atoms with van der Waals surface area (Å²) in [6.45, 7) is 4.93. The molecule has 0 aromatic carbocycles. The highest BCUT2D eigenvalue weighted by Crippen LogP contribution is 2.36. The molecule has 3 heteroatoms. The van der Waals surface area contributed by atoms with Crippen LogP contribution in [0.5, 0.6) is 0 Å². The molecule has 0 aromatic rings. The minimum absolute atomic E-state index is 0.189. The maximum Gasteiger partial charge on any atom is 0.168 e. The maximum atomic E-state index is 5.70. The van der Waals surface area contributed by atoms with Crippen molar-refractivity contribution in [2.75, 3.05) is 26.8 Å². The highest BCUT2D eigenvalue weighted by molar-refractivity contribution is 4.85. The van der Waals surface area contributed by atoms with Gasteiger partial charge in [0.05, 0.1) is 13.2 Å². The molecule has 3 nitrogen and oxygen atoms in total. The first-order valence-corrected chi connectivity index (χ1v) is 5.74. The third-order valence-electron chi connectivity index (χ3n) is 3.65. The molecule has 0 unspecified atom stereocenters. The molecule has 0 N–H and O–H groups in total. The van der Waals surface area contributed by atoms with Gasteiger partial charge in [0.15, 0.2) is 5.79 Å². The molecule has 1 heterocycles. The fourth-order valence-electron chi connectivity index (χ4n) is 2.53. The van der Waals surface area contributed by atoms with E-state index in [-0.39, 0.29) is 5.79 Å². The van der Waals surface area contributed by atoms with Crippen molar-refractivity contribution in [3.63, 3.8) is 0 Å². The second-order valence-electron chi connectivity index (χ2n) is 4.41. The predicted octanol–water partition coefficient (Wildman–Crippen LogP) is 1.62. The molecular formula is C11H21NO2. The van der Waals surface area contributed by atoms with Crippen molar-refractivity contribution in [1.29, 1.82) is 0 Å². The van der Waals surface area contributed by atoms with Crippen molar-refractivity contribution < 1.29 is 9.47 Å². The second-order valence-corrected chi connectivity index (χ2v) is 4.41. The van der Waals surface area contributed by atoms with E-state index in [4.69, 9.17) is 9.47 Å². The Morgan fingerprint density at radius 2 is 1.79 bits per heavy atom. The smallest absolute Gasteiger partial charge is 0.168 e. The number of ether oxygens (including phenoxy) is 2. The topological polar surface area (TPSA) is 21.7 Å². The Hall–Kier alpha value is -0.120. The Kier molecular flexibility index (Phi) is 3.10. The summed E-state index contributed by atoms with van der Waals surface area (Å²) in [5, 5.41) is 0. The second kappa shape index (κ2) is 4.17. The number of hydrogen-bond acceptors (Lipinski definition) is 3. The normalized spacial score (nSPS) is 27.6. The van der Waals surface area contributed by atoms with Crippen LogP contribution in [0.15, 0.2) is 0 Å². The van der Waals surface area contributed by atoms with Crippen LogP contribution in [0.4, 0.5) is 0 Å². The zero-order valence-corrected chi connectivity index (χ0v) is 9.29. The van der Waals surface area contributed by atoms with Crippen molar-refractivity contribution in [3.05, 3.63) is 0 Å². The zero-order valence-electron chi connectivity index (χ0n) is 9.29. The van der Waals surface area contributed by atoms with Crippen LogP contribution in [0, 0.1) is 0 Å². The van der Waals surface area contributed by atoms with E-state index in [9.17, 15) is 0 Å². The predicted molar refractivity (Wildman–Crippen MR) is 55.2 cm³/mol. The van der Waals surface area contributed by atoms with Crippen LogP contribution in [-0.2, 0) is 9.47 Å². The van der Waals surface area contributed by atoms with Crippen molar-refractivity contribution >= 4 is 0 Å². The van der Waals surface area contributed by atoms with Gasteiger partial charge in [-0.25, -0.2) is 0 Å². The van der Waals surface area contributed by atoms with Gasteiger partial charge >= 0.3 is 0 Å². The number of rotatable bonds is 2. The summed E-state index contributed by atoms with van der Waals surface area (Å²) < 4.78 is 11.4. The first kappa shape index (κ1) is 10.4. The summed E-state index contributed by atoms with van der Waals surface area (Å²) >= 11 is 0. The standard InChI is InChI=1S/C11H21NO2/c1-3-12(2)10-4-6-11(7-5-10)13-8-9-14-11/h10H,3-9H2,1-2H3. The van der Waals surface area contributed by atoms with Crippen LogP contribution >= 0.6 is 0 Å². The van der Waals surface area contributed by atoms with Gasteiger partial charge in [-0.3, -0.25) is 0 Å². The molecule has 14 heavy (non-hydrogen) atoms. The summed E-state index contributed by atoms with van der Waals surface area (Å²) in [4.78, 5) is 2.43. The first-order chi connectivity index (χ1) is 6.76. The van der Waals surface area contributed by atoms with E-state index >= 15 is 0 Å². The molecule has 2 aliphatic rings. The van der Waals surface area contributed by atoms with Gasteiger partial charge in [0.1, 0.15) is 0 Å². The quantitative estimate of drug-likeness (QED) is 0.674. The van der Waals surface area contributed by atoms with Gasteiger partial charge in [0.25, 0.3) is 0 Å². The lowest BCUT2D eigenvalue weighted by Crippen LogP contribution is -2.42. The molecule has 0 atom stereocenters. The molecule has 1 saturated heterocycles. The van der Waals surface area contributed by atoms with Gasteiger partial charge < -0.3 is 14.4 Å². The molecule has 2 rings (SSSR count). The van der Waals surface area contributed by atoms with Gasteiger partial charge in [-0.1, -0.05) is 6.92 Å². The van der Waals surface area contributed by atoms with E-state index < -0.39 is 0 Å². The minimum atomic E-state index is -0.189. The summed E-state index contributed by atoms with van der Waals surface area (Å²) in [6.07, 6.45) is 4.57. The van der Waals surface area contributed by atoms with Gasteiger partial charge in [-0.05, 0) is 26.4 Å². The lowest BCUT2D eigenvalue weighted by Gasteiger charge is -2.38. The van der Waals surface area contributed by atoms with Crippen molar-refractivity contribution in [1.82, 2.24) is 4.90 Å². The van der Waals surface area contributed by atoms with E-state index in [1.807, 2.05) is 0 Å². The van der Waals surface area contributed by atoms with E-state index in [1.54, 1.807) is 0 Å². The Bertz CT molecular complexity index is 180. The van der Waals surface area contributed by atoms with E-state index in [2.05, 4.69) is 18.9 Å². The Labute approximate surface area is 86.4 Å². The van der Waals surface area contributed by atoms with Gasteiger partial charge in [0.2, 0.25) is 0 Å². The van der Waals surface area contributed by atoms with Crippen molar-refractivity contribution in [2.24, 2.45) is 0 Å². The van der Waals surface area contributed by atoms with Crippen LogP contribution < -0.4 is 0 Å². The molecule has 1 aliphatic carbocycles. The first-order valence-electron chi connectivity index (χ1n) is 5.74. The average Bonchev–Trinajstić information content (AvgIpc) is 2.67. The molecular weight excluding hydrogens is 178 g/mol. The molecule has 1 aliphatic heterocycles. The summed E-state index contributed by atoms with van der Waals surface area (Å²) in [5.74, 6) is -0.189. The summed E-state index contributed by atoms with van der Waals surface area (Å²) in [6, 6.07) is 0.735. The molecule has 2 fully saturated rings. The Morgan fingerprint density at radius 1 is 1.21 bits per heavy atom. The van der Waals surface area contributed by atoms with Gasteiger partial charge in [-0.15, -0.1) is 0 Å². The van der Waals surface area contributed by atoms with E-state index in [0.29, 0.717) is 0 Å². The van der Waals surface area contributed by atoms with Crippen LogP contribution in [0.25, 0.3) is 0 Å². The minimum Gasteiger partial charge on any atom is -0.348 e. The highest BCUT2D eigenvalue weighted by atomic mass is 16.7. The van der Waals surface area contributed by atoms with Crippen molar-refractivity contribution in [2.45, 2.75) is 44.4 Å². The number of nitrogens with zero attached hydrogens (tertiary/aromatic N) is 1. The molecule has 1 spiro atoms. The third-order valence-corrected chi connectivity index (χ3v) is 3.65. The molecule has 0 amide bonds. The van der Waals surface area contributed by atoms with Crippen LogP contribution in [0.3, 0.4) is 0 Å². The van der Waals surface area contributed by atoms with E-state index in [1.165, 1.54) is 12.8 Å². The maximum absolute atomic E-state index is 5.70. The van der Waals surface area contributed by atoms with Crippen LogP contribution in [0.1, 0.15) is 32.6 Å². The molecule has 82 valence electrons. The Morgan fingerprint density at radius 3 is 2.29 bits per heavy atom. The fraction of sp³-hybridized carbons (Fsp3) is 1.00. The largest absolute Gasteiger partial charge is 0.348 e. The fourth-order valence-corrected chi connectivity index (χ4v) is 2.53. The van der Waals surface area contributed by atoms with Crippen molar-refractivity contribution in [3.8, 4) is 0 Å². The summed E-state index contributed by atoms with van der Waals surface area (Å²) in [7, 11) is 2.21. The molecule has 0 radical (unpaired) electrons. The van der Waals surface area contributed by atoms with E-state index in [0.717, 1.165) is 38.6 Å².